The van der Waals surface area contributed by atoms with E-state index in [1.165, 1.54) is 21.6 Å². The molecule has 32 heavy (non-hydrogen) atoms. The summed E-state index contributed by atoms with van der Waals surface area (Å²) in [6, 6.07) is 15.9. The number of aryl methyl sites for hydroxylation is 3. The summed E-state index contributed by atoms with van der Waals surface area (Å²) >= 11 is 1.41. The first kappa shape index (κ1) is 21.8. The molecule has 0 unspecified atom stereocenters. The minimum absolute atomic E-state index is 0.103. The van der Waals surface area contributed by atoms with Crippen molar-refractivity contribution in [2.75, 3.05) is 5.32 Å². The third-order valence-electron chi connectivity index (χ3n) is 5.50. The number of benzene rings is 2. The van der Waals surface area contributed by atoms with Crippen LogP contribution in [0.5, 0.6) is 0 Å². The topological polar surface area (TPSA) is 79.8 Å². The van der Waals surface area contributed by atoms with Gasteiger partial charge in [-0.1, -0.05) is 55.0 Å². The van der Waals surface area contributed by atoms with Gasteiger partial charge in [0.05, 0.1) is 5.69 Å². The Morgan fingerprint density at radius 3 is 2.62 bits per heavy atom. The van der Waals surface area contributed by atoms with Gasteiger partial charge < -0.3 is 5.32 Å². The van der Waals surface area contributed by atoms with Crippen molar-refractivity contribution in [3.05, 3.63) is 86.6 Å². The first-order chi connectivity index (χ1) is 15.5. The van der Waals surface area contributed by atoms with Crippen LogP contribution < -0.4 is 10.9 Å². The van der Waals surface area contributed by atoms with Gasteiger partial charge in [-0.2, -0.15) is 4.68 Å². The summed E-state index contributed by atoms with van der Waals surface area (Å²) in [5.74, 6) is -0.103. The van der Waals surface area contributed by atoms with E-state index >= 15 is 0 Å². The van der Waals surface area contributed by atoms with Gasteiger partial charge in [0.2, 0.25) is 11.0 Å². The fraction of sp³-hybridized carbons (Fsp3) is 0.240. The number of thiazole rings is 1. The summed E-state index contributed by atoms with van der Waals surface area (Å²) in [7, 11) is 0. The molecule has 2 heterocycles. The highest BCUT2D eigenvalue weighted by molar-refractivity contribution is 7.12. The quantitative estimate of drug-likeness (QED) is 0.417. The van der Waals surface area contributed by atoms with Gasteiger partial charge in [0, 0.05) is 34.3 Å². The van der Waals surface area contributed by atoms with E-state index in [4.69, 9.17) is 0 Å². The molecule has 4 rings (SSSR count). The number of nitrogens with zero attached hydrogens (tertiary/aromatic N) is 2. The Kier molecular flexibility index (Phi) is 6.37. The zero-order chi connectivity index (χ0) is 22.7. The van der Waals surface area contributed by atoms with Crippen molar-refractivity contribution in [2.24, 2.45) is 0 Å². The summed E-state index contributed by atoms with van der Waals surface area (Å²) in [6.45, 7) is 5.95. The van der Waals surface area contributed by atoms with Gasteiger partial charge in [-0.25, -0.2) is 4.98 Å². The molecule has 2 aromatic carbocycles. The van der Waals surface area contributed by atoms with Crippen molar-refractivity contribution in [3.8, 4) is 16.4 Å². The first-order valence-electron chi connectivity index (χ1n) is 10.7. The lowest BCUT2D eigenvalue weighted by Crippen LogP contribution is -2.19. The summed E-state index contributed by atoms with van der Waals surface area (Å²) in [4.78, 5) is 30.2. The van der Waals surface area contributed by atoms with Crippen molar-refractivity contribution in [3.63, 3.8) is 0 Å². The molecule has 0 fully saturated rings. The maximum absolute atomic E-state index is 13.0. The average Bonchev–Trinajstić information content (AvgIpc) is 3.38. The molecular formula is C25H26N4O2S. The van der Waals surface area contributed by atoms with Crippen LogP contribution in [0.4, 0.5) is 5.69 Å². The van der Waals surface area contributed by atoms with Gasteiger partial charge in [-0.05, 0) is 38.3 Å². The van der Waals surface area contributed by atoms with E-state index in [0.717, 1.165) is 34.6 Å². The number of carbonyl (C=O) groups excluding carboxylic acids is 1. The number of H-pyrrole nitrogens is 1. The highest BCUT2D eigenvalue weighted by Gasteiger charge is 2.17. The van der Waals surface area contributed by atoms with E-state index in [9.17, 15) is 9.59 Å². The fourth-order valence-electron chi connectivity index (χ4n) is 3.64. The Balaban J connectivity index is 1.48. The molecule has 6 nitrogen and oxygen atoms in total. The molecule has 0 aliphatic heterocycles. The number of hydrogen-bond acceptors (Lipinski definition) is 4. The second kappa shape index (κ2) is 9.36. The molecular weight excluding hydrogens is 420 g/mol. The number of anilines is 1. The number of aromatic amines is 1. The molecule has 4 aromatic rings. The SMILES string of the molecule is CCc1ccccc1NC(=O)CCc1c(C)[nH]n(-c2nc(-c3ccc(C)cc3)cs2)c1=O. The zero-order valence-electron chi connectivity index (χ0n) is 18.4. The van der Waals surface area contributed by atoms with Crippen molar-refractivity contribution < 1.29 is 4.79 Å². The third-order valence-corrected chi connectivity index (χ3v) is 6.32. The van der Waals surface area contributed by atoms with Crippen LogP contribution >= 0.6 is 11.3 Å². The average molecular weight is 447 g/mol. The number of carbonyl (C=O) groups is 1. The monoisotopic (exact) mass is 446 g/mol. The normalized spacial score (nSPS) is 11.0. The standard InChI is InChI=1S/C25H26N4O2S/c1-4-18-7-5-6-8-21(18)26-23(30)14-13-20-17(3)28-29(24(20)31)25-27-22(15-32-25)19-11-9-16(2)10-12-19/h5-12,15,28H,4,13-14H2,1-3H3,(H,26,30). The van der Waals surface area contributed by atoms with Crippen molar-refractivity contribution in [2.45, 2.75) is 40.0 Å². The molecule has 2 aromatic heterocycles. The molecule has 0 radical (unpaired) electrons. The number of nitrogens with one attached hydrogen (secondary N) is 2. The van der Waals surface area contributed by atoms with Gasteiger partial charge in [0.15, 0.2) is 0 Å². The van der Waals surface area contributed by atoms with E-state index in [0.29, 0.717) is 17.1 Å². The predicted molar refractivity (Wildman–Crippen MR) is 130 cm³/mol. The van der Waals surface area contributed by atoms with Crippen LogP contribution in [0, 0.1) is 13.8 Å². The highest BCUT2D eigenvalue weighted by atomic mass is 32.1. The number of aromatic nitrogens is 3. The molecule has 0 saturated heterocycles. The van der Waals surface area contributed by atoms with Crippen LogP contribution in [0.2, 0.25) is 0 Å². The Hall–Kier alpha value is -3.45. The van der Waals surface area contributed by atoms with Crippen molar-refractivity contribution in [1.29, 1.82) is 0 Å². The zero-order valence-corrected chi connectivity index (χ0v) is 19.3. The maximum atomic E-state index is 13.0. The van der Waals surface area contributed by atoms with E-state index in [1.807, 2.05) is 67.8 Å². The molecule has 7 heteroatoms. The smallest absolute Gasteiger partial charge is 0.276 e. The van der Waals surface area contributed by atoms with Crippen LogP contribution in [0.25, 0.3) is 16.4 Å². The third kappa shape index (κ3) is 4.57. The van der Waals surface area contributed by atoms with Crippen molar-refractivity contribution >= 4 is 22.9 Å². The second-order valence-electron chi connectivity index (χ2n) is 7.80. The lowest BCUT2D eigenvalue weighted by molar-refractivity contribution is -0.116. The second-order valence-corrected chi connectivity index (χ2v) is 8.63. The summed E-state index contributed by atoms with van der Waals surface area (Å²) < 4.78 is 1.47. The fourth-order valence-corrected chi connectivity index (χ4v) is 4.43. The summed E-state index contributed by atoms with van der Waals surface area (Å²) in [6.07, 6.45) is 1.44. The largest absolute Gasteiger partial charge is 0.326 e. The van der Waals surface area contributed by atoms with E-state index in [2.05, 4.69) is 22.3 Å². The molecule has 0 atom stereocenters. The van der Waals surface area contributed by atoms with Crippen molar-refractivity contribution in [1.82, 2.24) is 14.8 Å². The van der Waals surface area contributed by atoms with Gasteiger partial charge in [-0.3, -0.25) is 14.7 Å². The minimum atomic E-state index is -0.158. The van der Waals surface area contributed by atoms with Gasteiger partial charge >= 0.3 is 0 Å². The van der Waals surface area contributed by atoms with Crippen LogP contribution in [0.3, 0.4) is 0 Å². The number of rotatable bonds is 7. The lowest BCUT2D eigenvalue weighted by atomic mass is 10.1. The molecule has 0 saturated carbocycles. The van der Waals surface area contributed by atoms with E-state index in [-0.39, 0.29) is 17.9 Å². The van der Waals surface area contributed by atoms with Crippen LogP contribution in [0.1, 0.15) is 35.7 Å². The Bertz CT molecular complexity index is 1300. The Morgan fingerprint density at radius 1 is 1.12 bits per heavy atom. The number of hydrogen-bond donors (Lipinski definition) is 2. The minimum Gasteiger partial charge on any atom is -0.326 e. The molecule has 164 valence electrons. The Labute approximate surface area is 190 Å². The van der Waals surface area contributed by atoms with E-state index < -0.39 is 0 Å². The molecule has 0 aliphatic carbocycles. The van der Waals surface area contributed by atoms with Crippen LogP contribution in [-0.2, 0) is 17.6 Å². The molecule has 0 aliphatic rings. The predicted octanol–water partition coefficient (Wildman–Crippen LogP) is 5.04. The Morgan fingerprint density at radius 2 is 1.88 bits per heavy atom. The number of amides is 1. The van der Waals surface area contributed by atoms with Crippen LogP contribution in [0.15, 0.2) is 58.7 Å². The molecule has 2 N–H and O–H groups in total. The molecule has 0 bridgehead atoms. The van der Waals surface area contributed by atoms with Gasteiger partial charge in [0.25, 0.3) is 5.56 Å². The van der Waals surface area contributed by atoms with Gasteiger partial charge in [-0.15, -0.1) is 11.3 Å². The summed E-state index contributed by atoms with van der Waals surface area (Å²) in [5, 5.41) is 8.61. The summed E-state index contributed by atoms with van der Waals surface area (Å²) in [5.41, 5.74) is 6.16. The van der Waals surface area contributed by atoms with E-state index in [1.54, 1.807) is 0 Å². The number of para-hydroxylation sites is 1. The lowest BCUT2D eigenvalue weighted by Gasteiger charge is -2.09. The highest BCUT2D eigenvalue weighted by Crippen LogP contribution is 2.24. The molecule has 1 amide bonds. The maximum Gasteiger partial charge on any atom is 0.276 e. The van der Waals surface area contributed by atoms with Gasteiger partial charge in [0.1, 0.15) is 0 Å². The van der Waals surface area contributed by atoms with Crippen LogP contribution in [-0.4, -0.2) is 20.7 Å². The molecule has 0 spiro atoms. The first-order valence-corrected chi connectivity index (χ1v) is 11.6.